The van der Waals surface area contributed by atoms with E-state index in [9.17, 15) is 4.79 Å². The number of anilines is 1. The van der Waals surface area contributed by atoms with Crippen LogP contribution in [0.2, 0.25) is 5.02 Å². The van der Waals surface area contributed by atoms with Crippen molar-refractivity contribution in [1.29, 1.82) is 0 Å². The van der Waals surface area contributed by atoms with Crippen molar-refractivity contribution in [2.75, 3.05) is 38.2 Å². The number of methoxy groups -OCH3 is 1. The number of carbonyl (C=O) groups is 1. The van der Waals surface area contributed by atoms with Gasteiger partial charge in [-0.2, -0.15) is 0 Å². The molecule has 1 aliphatic heterocycles. The van der Waals surface area contributed by atoms with Crippen LogP contribution in [0, 0.1) is 5.92 Å². The van der Waals surface area contributed by atoms with E-state index >= 15 is 0 Å². The summed E-state index contributed by atoms with van der Waals surface area (Å²) in [7, 11) is 1.62. The van der Waals surface area contributed by atoms with Gasteiger partial charge in [-0.05, 0) is 31.0 Å². The van der Waals surface area contributed by atoms with Gasteiger partial charge in [0.1, 0.15) is 5.75 Å². The highest BCUT2D eigenvalue weighted by atomic mass is 35.5. The fourth-order valence-corrected chi connectivity index (χ4v) is 3.20. The molecule has 1 heterocycles. The summed E-state index contributed by atoms with van der Waals surface area (Å²) in [6.07, 6.45) is 3.36. The normalized spacial score (nSPS) is 19.3. The van der Waals surface area contributed by atoms with Crippen LogP contribution in [0.15, 0.2) is 18.2 Å². The second-order valence-corrected chi connectivity index (χ2v) is 6.17. The summed E-state index contributed by atoms with van der Waals surface area (Å²) in [6.45, 7) is 3.33. The van der Waals surface area contributed by atoms with Crippen molar-refractivity contribution in [2.45, 2.75) is 19.3 Å². The molecule has 1 amide bonds. The number of nitrogens with zero attached hydrogens (tertiary/aromatic N) is 2. The van der Waals surface area contributed by atoms with Gasteiger partial charge in [-0.15, -0.1) is 0 Å². The average Bonchev–Trinajstić information content (AvgIpc) is 2.45. The smallest absolute Gasteiger partial charge is 0.225 e. The topological polar surface area (TPSA) is 32.8 Å². The number of ether oxygens (including phenoxy) is 1. The molecular weight excluding hydrogens is 288 g/mol. The van der Waals surface area contributed by atoms with Crippen LogP contribution in [-0.2, 0) is 4.79 Å². The maximum Gasteiger partial charge on any atom is 0.225 e. The first-order valence-electron chi connectivity index (χ1n) is 7.56. The molecule has 0 spiro atoms. The molecule has 2 fully saturated rings. The minimum absolute atomic E-state index is 0.298. The van der Waals surface area contributed by atoms with Gasteiger partial charge >= 0.3 is 0 Å². The van der Waals surface area contributed by atoms with Gasteiger partial charge in [0.15, 0.2) is 0 Å². The quantitative estimate of drug-likeness (QED) is 0.861. The molecule has 1 saturated carbocycles. The lowest BCUT2D eigenvalue weighted by molar-refractivity contribution is -0.138. The summed E-state index contributed by atoms with van der Waals surface area (Å²) in [5.41, 5.74) is 1.09. The van der Waals surface area contributed by atoms with E-state index in [1.54, 1.807) is 7.11 Å². The third-order valence-corrected chi connectivity index (χ3v) is 4.84. The summed E-state index contributed by atoms with van der Waals surface area (Å²) in [5.74, 6) is 1.35. The number of hydrogen-bond donors (Lipinski definition) is 0. The molecule has 0 aromatic heterocycles. The highest BCUT2D eigenvalue weighted by Crippen LogP contribution is 2.31. The summed E-state index contributed by atoms with van der Waals surface area (Å²) < 4.78 is 5.18. The summed E-state index contributed by atoms with van der Waals surface area (Å²) >= 11 is 6.18. The molecule has 1 aromatic carbocycles. The number of hydrogen-bond acceptors (Lipinski definition) is 3. The second kappa shape index (κ2) is 6.14. The zero-order chi connectivity index (χ0) is 14.8. The molecule has 0 N–H and O–H groups in total. The molecule has 0 bridgehead atoms. The van der Waals surface area contributed by atoms with Gasteiger partial charge in [-0.25, -0.2) is 0 Å². The molecule has 0 unspecified atom stereocenters. The molecule has 1 saturated heterocycles. The van der Waals surface area contributed by atoms with Crippen LogP contribution in [0.4, 0.5) is 5.69 Å². The number of benzene rings is 1. The van der Waals surface area contributed by atoms with E-state index in [1.807, 2.05) is 23.1 Å². The van der Waals surface area contributed by atoms with Crippen molar-refractivity contribution < 1.29 is 9.53 Å². The first-order valence-corrected chi connectivity index (χ1v) is 7.94. The average molecular weight is 309 g/mol. The third-order valence-electron chi connectivity index (χ3n) is 4.55. The van der Waals surface area contributed by atoms with Crippen molar-refractivity contribution >= 4 is 23.2 Å². The number of halogens is 1. The lowest BCUT2D eigenvalue weighted by Crippen LogP contribution is -2.51. The molecule has 5 heteroatoms. The van der Waals surface area contributed by atoms with E-state index in [0.717, 1.165) is 44.7 Å². The Balaban J connectivity index is 1.60. The second-order valence-electron chi connectivity index (χ2n) is 5.76. The van der Waals surface area contributed by atoms with E-state index in [2.05, 4.69) is 4.90 Å². The predicted molar refractivity (Wildman–Crippen MR) is 84.1 cm³/mol. The lowest BCUT2D eigenvalue weighted by atomic mass is 9.84. The molecule has 0 radical (unpaired) electrons. The maximum atomic E-state index is 12.2. The minimum atomic E-state index is 0.298. The molecule has 21 heavy (non-hydrogen) atoms. The van der Waals surface area contributed by atoms with Gasteiger partial charge in [-0.1, -0.05) is 18.0 Å². The van der Waals surface area contributed by atoms with E-state index in [-0.39, 0.29) is 0 Å². The monoisotopic (exact) mass is 308 g/mol. The molecule has 4 nitrogen and oxygen atoms in total. The summed E-state index contributed by atoms with van der Waals surface area (Å²) in [4.78, 5) is 16.5. The van der Waals surface area contributed by atoms with Crippen molar-refractivity contribution in [1.82, 2.24) is 4.90 Å². The number of rotatable bonds is 3. The van der Waals surface area contributed by atoms with Crippen molar-refractivity contribution in [2.24, 2.45) is 5.92 Å². The number of carbonyl (C=O) groups excluding carboxylic acids is 1. The Morgan fingerprint density at radius 2 is 1.95 bits per heavy atom. The van der Waals surface area contributed by atoms with Gasteiger partial charge < -0.3 is 14.5 Å². The molecule has 1 aromatic rings. The zero-order valence-electron chi connectivity index (χ0n) is 12.3. The lowest BCUT2D eigenvalue weighted by Gasteiger charge is -2.39. The van der Waals surface area contributed by atoms with Crippen LogP contribution in [0.5, 0.6) is 5.75 Å². The van der Waals surface area contributed by atoms with Gasteiger partial charge in [0.25, 0.3) is 0 Å². The first-order chi connectivity index (χ1) is 10.2. The minimum Gasteiger partial charge on any atom is -0.495 e. The van der Waals surface area contributed by atoms with Crippen LogP contribution >= 0.6 is 11.6 Å². The van der Waals surface area contributed by atoms with Gasteiger partial charge in [0.05, 0.1) is 12.1 Å². The largest absolute Gasteiger partial charge is 0.495 e. The van der Waals surface area contributed by atoms with Crippen LogP contribution in [0.3, 0.4) is 0 Å². The highest BCUT2D eigenvalue weighted by molar-refractivity contribution is 6.32. The van der Waals surface area contributed by atoms with Gasteiger partial charge in [0, 0.05) is 37.8 Å². The Kier molecular flexibility index (Phi) is 4.24. The van der Waals surface area contributed by atoms with E-state index in [4.69, 9.17) is 16.3 Å². The Labute approximate surface area is 130 Å². The Hall–Kier alpha value is -1.42. The third kappa shape index (κ3) is 2.95. The molecule has 2 aliphatic rings. The van der Waals surface area contributed by atoms with E-state index in [1.165, 1.54) is 6.42 Å². The summed E-state index contributed by atoms with van der Waals surface area (Å²) in [5, 5.41) is 0.628. The van der Waals surface area contributed by atoms with E-state index in [0.29, 0.717) is 22.6 Å². The fraction of sp³-hybridized carbons (Fsp3) is 0.562. The molecular formula is C16H21ClN2O2. The Bertz CT molecular complexity index is 523. The van der Waals surface area contributed by atoms with Crippen LogP contribution in [0.1, 0.15) is 19.3 Å². The SMILES string of the molecule is COc1ccc(N2CCN(C(=O)C3CCC3)CC2)cc1Cl. The number of amides is 1. The first kappa shape index (κ1) is 14.5. The predicted octanol–water partition coefficient (Wildman–Crippen LogP) is 2.80. The van der Waals surface area contributed by atoms with Gasteiger partial charge in [0.2, 0.25) is 5.91 Å². The van der Waals surface area contributed by atoms with Crippen LogP contribution in [-0.4, -0.2) is 44.1 Å². The van der Waals surface area contributed by atoms with Crippen LogP contribution < -0.4 is 9.64 Å². The van der Waals surface area contributed by atoms with Crippen molar-refractivity contribution in [3.05, 3.63) is 23.2 Å². The fourth-order valence-electron chi connectivity index (χ4n) is 2.95. The highest BCUT2D eigenvalue weighted by Gasteiger charge is 2.31. The molecule has 114 valence electrons. The van der Waals surface area contributed by atoms with Crippen molar-refractivity contribution in [3.63, 3.8) is 0 Å². The molecule has 0 atom stereocenters. The number of piperazine rings is 1. The molecule has 1 aliphatic carbocycles. The van der Waals surface area contributed by atoms with E-state index < -0.39 is 0 Å². The summed E-state index contributed by atoms with van der Waals surface area (Å²) in [6, 6.07) is 5.85. The zero-order valence-corrected chi connectivity index (χ0v) is 13.1. The maximum absolute atomic E-state index is 12.2. The van der Waals surface area contributed by atoms with Crippen molar-refractivity contribution in [3.8, 4) is 5.75 Å². The Morgan fingerprint density at radius 3 is 2.48 bits per heavy atom. The van der Waals surface area contributed by atoms with Crippen LogP contribution in [0.25, 0.3) is 0 Å². The standard InChI is InChI=1S/C16H21ClN2O2/c1-21-15-6-5-13(11-14(15)17)18-7-9-19(10-8-18)16(20)12-3-2-4-12/h5-6,11-12H,2-4,7-10H2,1H3. The Morgan fingerprint density at radius 1 is 1.24 bits per heavy atom. The molecule has 3 rings (SSSR count). The van der Waals surface area contributed by atoms with Gasteiger partial charge in [-0.3, -0.25) is 4.79 Å².